The highest BCUT2D eigenvalue weighted by Crippen LogP contribution is 2.45. The van der Waals surface area contributed by atoms with Gasteiger partial charge in [0.15, 0.2) is 11.6 Å². The summed E-state index contributed by atoms with van der Waals surface area (Å²) in [6, 6.07) is 50.9. The number of fused-ring (bicyclic) bond motifs is 6. The fraction of sp³-hybridized carbons (Fsp3) is 0. The Bertz CT molecular complexity index is 2560. The van der Waals surface area contributed by atoms with Crippen molar-refractivity contribution < 1.29 is 9.59 Å². The normalized spacial score (nSPS) is 12.0. The average molecular weight is 827 g/mol. The number of benzene rings is 6. The van der Waals surface area contributed by atoms with Gasteiger partial charge in [0.1, 0.15) is 22.8 Å². The van der Waals surface area contributed by atoms with Gasteiger partial charge in [-0.1, -0.05) is 165 Å². The Labute approximate surface area is 327 Å². The third-order valence-electron chi connectivity index (χ3n) is 9.62. The summed E-state index contributed by atoms with van der Waals surface area (Å²) in [6.07, 6.45) is 0. The smallest absolute Gasteiger partial charge is 0.196 e. The molecule has 2 aliphatic rings. The molecule has 8 aromatic rings. The average Bonchev–Trinajstić information content (AvgIpc) is 3.69. The quantitative estimate of drug-likeness (QED) is 0.176. The van der Waals surface area contributed by atoms with Crippen LogP contribution in [0.2, 0.25) is 0 Å². The molecule has 6 aromatic carbocycles. The number of ketones is 2. The summed E-state index contributed by atoms with van der Waals surface area (Å²) in [6.45, 7) is 0. The fourth-order valence-electron chi connectivity index (χ4n) is 7.13. The first-order valence-corrected chi connectivity index (χ1v) is 18.8. The van der Waals surface area contributed by atoms with Crippen LogP contribution in [-0.4, -0.2) is 32.0 Å². The van der Waals surface area contributed by atoms with Gasteiger partial charge in [-0.15, -0.1) is 20.4 Å². The van der Waals surface area contributed by atoms with Crippen LogP contribution in [0.5, 0.6) is 0 Å². The van der Waals surface area contributed by atoms with Crippen molar-refractivity contribution in [3.05, 3.63) is 189 Å². The van der Waals surface area contributed by atoms with Gasteiger partial charge < -0.3 is 0 Å². The molecule has 10 rings (SSSR count). The predicted octanol–water partition coefficient (Wildman–Crippen LogP) is 11.6. The van der Waals surface area contributed by atoms with Gasteiger partial charge in [0.2, 0.25) is 0 Å². The van der Waals surface area contributed by atoms with E-state index in [0.717, 1.165) is 64.8 Å². The molecule has 6 nitrogen and oxygen atoms in total. The number of rotatable bonds is 4. The molecule has 0 bridgehead atoms. The van der Waals surface area contributed by atoms with Crippen LogP contribution in [0.1, 0.15) is 31.8 Å². The summed E-state index contributed by atoms with van der Waals surface area (Å²) in [5.41, 5.74) is 12.5. The maximum Gasteiger partial charge on any atom is 0.196 e. The van der Waals surface area contributed by atoms with E-state index in [4.69, 9.17) is 0 Å². The summed E-state index contributed by atoms with van der Waals surface area (Å²) < 4.78 is 1.97. The van der Waals surface area contributed by atoms with Crippen molar-refractivity contribution in [3.8, 4) is 67.3 Å². The van der Waals surface area contributed by atoms with Crippen LogP contribution in [0, 0.1) is 0 Å². The molecule has 0 saturated carbocycles. The highest BCUT2D eigenvalue weighted by atomic mass is 79.9. The van der Waals surface area contributed by atoms with Gasteiger partial charge in [-0.3, -0.25) is 9.59 Å². The Morgan fingerprint density at radius 2 is 0.611 bits per heavy atom. The number of nitrogens with zero attached hydrogens (tertiary/aromatic N) is 4. The predicted molar refractivity (Wildman–Crippen MR) is 219 cm³/mol. The van der Waals surface area contributed by atoms with Crippen molar-refractivity contribution in [2.75, 3.05) is 0 Å². The van der Waals surface area contributed by atoms with Crippen molar-refractivity contribution >= 4 is 43.4 Å². The van der Waals surface area contributed by atoms with Gasteiger partial charge in [-0.2, -0.15) is 0 Å². The van der Waals surface area contributed by atoms with Crippen LogP contribution in [0.4, 0.5) is 0 Å². The van der Waals surface area contributed by atoms with Crippen molar-refractivity contribution in [2.45, 2.75) is 0 Å². The van der Waals surface area contributed by atoms with Crippen LogP contribution < -0.4 is 0 Å². The SMILES string of the molecule is O=C1c2ccccc2-c2nnc(-c3ccccc3)c(-c3ccc(Br)cc3)c21.O=C1c2ccccc2-c2nnc(-c3ccccc3)c(-c3ccc(Br)cc3)c21. The minimum absolute atomic E-state index is 0.00519. The monoisotopic (exact) mass is 824 g/mol. The van der Waals surface area contributed by atoms with Gasteiger partial charge in [-0.05, 0) is 35.4 Å². The molecule has 256 valence electrons. The van der Waals surface area contributed by atoms with Crippen molar-refractivity contribution in [1.82, 2.24) is 20.4 Å². The molecule has 0 aliphatic heterocycles. The van der Waals surface area contributed by atoms with E-state index in [2.05, 4.69) is 52.3 Å². The van der Waals surface area contributed by atoms with E-state index in [1.807, 2.05) is 158 Å². The van der Waals surface area contributed by atoms with Crippen molar-refractivity contribution in [1.29, 1.82) is 0 Å². The molecular weight excluding hydrogens is 800 g/mol. The first-order chi connectivity index (χ1) is 26.5. The number of carbonyl (C=O) groups is 2. The number of hydrogen-bond acceptors (Lipinski definition) is 6. The first-order valence-electron chi connectivity index (χ1n) is 17.2. The van der Waals surface area contributed by atoms with Gasteiger partial charge in [0.05, 0.1) is 11.1 Å². The van der Waals surface area contributed by atoms with Crippen molar-refractivity contribution in [2.24, 2.45) is 0 Å². The number of aromatic nitrogens is 4. The van der Waals surface area contributed by atoms with E-state index in [1.54, 1.807) is 0 Å². The van der Waals surface area contributed by atoms with E-state index in [9.17, 15) is 9.59 Å². The zero-order chi connectivity index (χ0) is 36.8. The van der Waals surface area contributed by atoms with Crippen LogP contribution in [0.15, 0.2) is 167 Å². The minimum Gasteiger partial charge on any atom is -0.288 e. The molecule has 0 spiro atoms. The Morgan fingerprint density at radius 3 is 0.981 bits per heavy atom. The summed E-state index contributed by atoms with van der Waals surface area (Å²) in [4.78, 5) is 26.5. The maximum atomic E-state index is 13.3. The molecule has 8 heteroatoms. The van der Waals surface area contributed by atoms with Crippen molar-refractivity contribution in [3.63, 3.8) is 0 Å². The minimum atomic E-state index is 0.00519. The third-order valence-corrected chi connectivity index (χ3v) is 10.7. The first kappa shape index (κ1) is 33.6. The topological polar surface area (TPSA) is 85.7 Å². The van der Waals surface area contributed by atoms with Crippen LogP contribution in [0.25, 0.3) is 67.3 Å². The molecule has 0 N–H and O–H groups in total. The second-order valence-corrected chi connectivity index (χ2v) is 14.6. The summed E-state index contributed by atoms with van der Waals surface area (Å²) in [5, 5.41) is 18.0. The Morgan fingerprint density at radius 1 is 0.296 bits per heavy atom. The lowest BCUT2D eigenvalue weighted by atomic mass is 9.93. The van der Waals surface area contributed by atoms with E-state index in [1.165, 1.54) is 0 Å². The van der Waals surface area contributed by atoms with E-state index < -0.39 is 0 Å². The number of carbonyl (C=O) groups excluding carboxylic acids is 2. The molecule has 0 fully saturated rings. The zero-order valence-corrected chi connectivity index (χ0v) is 31.5. The molecule has 0 atom stereocenters. The molecule has 0 saturated heterocycles. The molecular formula is C46H26Br2N4O2. The van der Waals surface area contributed by atoms with Crippen LogP contribution in [0.3, 0.4) is 0 Å². The van der Waals surface area contributed by atoms with Gasteiger partial charge in [0, 0.05) is 53.5 Å². The second-order valence-electron chi connectivity index (χ2n) is 12.8. The lowest BCUT2D eigenvalue weighted by Gasteiger charge is -2.13. The summed E-state index contributed by atoms with van der Waals surface area (Å²) in [5.74, 6) is 0.0104. The lowest BCUT2D eigenvalue weighted by molar-refractivity contribution is 0.103. The molecule has 2 aliphatic carbocycles. The van der Waals surface area contributed by atoms with Gasteiger partial charge >= 0.3 is 0 Å². The number of halogens is 2. The van der Waals surface area contributed by atoms with Crippen LogP contribution in [-0.2, 0) is 0 Å². The third kappa shape index (κ3) is 5.80. The second kappa shape index (κ2) is 14.0. The van der Waals surface area contributed by atoms with E-state index in [0.29, 0.717) is 33.6 Å². The molecule has 2 aromatic heterocycles. The molecule has 54 heavy (non-hydrogen) atoms. The maximum absolute atomic E-state index is 13.3. The van der Waals surface area contributed by atoms with Crippen LogP contribution >= 0.6 is 31.9 Å². The zero-order valence-electron chi connectivity index (χ0n) is 28.4. The Balaban J connectivity index is 0.000000142. The fourth-order valence-corrected chi connectivity index (χ4v) is 7.66. The largest absolute Gasteiger partial charge is 0.288 e. The molecule has 0 radical (unpaired) electrons. The molecule has 0 amide bonds. The number of hydrogen-bond donors (Lipinski definition) is 0. The molecule has 2 heterocycles. The van der Waals surface area contributed by atoms with E-state index in [-0.39, 0.29) is 11.6 Å². The molecule has 0 unspecified atom stereocenters. The summed E-state index contributed by atoms with van der Waals surface area (Å²) in [7, 11) is 0. The van der Waals surface area contributed by atoms with E-state index >= 15 is 0 Å². The lowest BCUT2D eigenvalue weighted by Crippen LogP contribution is -2.03. The highest BCUT2D eigenvalue weighted by molar-refractivity contribution is 9.10. The van der Waals surface area contributed by atoms with Gasteiger partial charge in [-0.25, -0.2) is 0 Å². The highest BCUT2D eigenvalue weighted by Gasteiger charge is 2.34. The standard InChI is InChI=1S/2C23H13BrN2O/c2*24-16-12-10-14(11-13-16)19-20-22(17-8-4-5-9-18(17)23(20)27)26-25-21(19)15-6-2-1-3-7-15/h2*1-13H. The Kier molecular flexibility index (Phi) is 8.69. The summed E-state index contributed by atoms with van der Waals surface area (Å²) >= 11 is 6.97. The van der Waals surface area contributed by atoms with Gasteiger partial charge in [0.25, 0.3) is 0 Å². The Hall–Kier alpha value is -6.22.